The summed E-state index contributed by atoms with van der Waals surface area (Å²) in [7, 11) is 0. The molecule has 7 nitrogen and oxygen atoms in total. The number of nitrogens with one attached hydrogen (secondary N) is 1. The molecular formula is C20H30N2O5. The molecule has 1 aromatic rings. The van der Waals surface area contributed by atoms with Crippen LogP contribution in [0.25, 0.3) is 0 Å². The van der Waals surface area contributed by atoms with Gasteiger partial charge in [0.15, 0.2) is 5.54 Å². The lowest BCUT2D eigenvalue weighted by Crippen LogP contribution is -2.58. The van der Waals surface area contributed by atoms with Gasteiger partial charge in [-0.05, 0) is 51.3 Å². The molecule has 1 amide bonds. The Morgan fingerprint density at radius 1 is 1.22 bits per heavy atom. The Hall–Kier alpha value is -2.12. The molecule has 0 aromatic heterocycles. The van der Waals surface area contributed by atoms with Gasteiger partial charge in [0, 0.05) is 19.3 Å². The number of ether oxygens (including phenoxy) is 2. The largest absolute Gasteiger partial charge is 0.508 e. The Balaban J connectivity index is 2.30. The fraction of sp³-hybridized carbons (Fsp3) is 0.600. The predicted octanol–water partition coefficient (Wildman–Crippen LogP) is 1.82. The molecule has 2 rings (SSSR count). The summed E-state index contributed by atoms with van der Waals surface area (Å²) in [4.78, 5) is 25.9. The molecule has 2 unspecified atom stereocenters. The maximum absolute atomic E-state index is 13.0. The molecule has 1 aromatic carbocycles. The molecule has 1 heterocycles. The third-order valence-electron chi connectivity index (χ3n) is 4.73. The number of nitrogens with two attached hydrogens (primary N) is 1. The van der Waals surface area contributed by atoms with Crippen LogP contribution < -0.4 is 11.1 Å². The number of hydrogen-bond donors (Lipinski definition) is 3. The minimum Gasteiger partial charge on any atom is -0.508 e. The Kier molecular flexibility index (Phi) is 6.49. The molecule has 4 N–H and O–H groups in total. The van der Waals surface area contributed by atoms with Crippen molar-refractivity contribution in [1.29, 1.82) is 0 Å². The molecule has 0 saturated carbocycles. The second kappa shape index (κ2) is 8.27. The number of hydrogen-bond acceptors (Lipinski definition) is 6. The van der Waals surface area contributed by atoms with Crippen LogP contribution in [0.1, 0.15) is 46.1 Å². The molecular weight excluding hydrogens is 348 g/mol. The average Bonchev–Trinajstić information content (AvgIpc) is 2.60. The first-order valence-corrected chi connectivity index (χ1v) is 9.24. The van der Waals surface area contributed by atoms with E-state index < -0.39 is 23.0 Å². The van der Waals surface area contributed by atoms with Gasteiger partial charge in [-0.15, -0.1) is 0 Å². The Bertz CT molecular complexity index is 662. The van der Waals surface area contributed by atoms with E-state index in [1.165, 1.54) is 24.3 Å². The number of phenols is 1. The zero-order valence-electron chi connectivity index (χ0n) is 16.5. The highest BCUT2D eigenvalue weighted by atomic mass is 16.6. The summed E-state index contributed by atoms with van der Waals surface area (Å²) < 4.78 is 10.8. The number of carbonyl (C=O) groups is 2. The van der Waals surface area contributed by atoms with Gasteiger partial charge < -0.3 is 25.6 Å². The van der Waals surface area contributed by atoms with E-state index in [2.05, 4.69) is 5.32 Å². The first kappa shape index (κ1) is 21.2. The van der Waals surface area contributed by atoms with E-state index in [0.29, 0.717) is 18.8 Å². The Labute approximate surface area is 160 Å². The van der Waals surface area contributed by atoms with E-state index >= 15 is 0 Å². The lowest BCUT2D eigenvalue weighted by Gasteiger charge is -2.36. The fourth-order valence-corrected chi connectivity index (χ4v) is 3.02. The molecule has 150 valence electrons. The lowest BCUT2D eigenvalue weighted by molar-refractivity contribution is -0.166. The summed E-state index contributed by atoms with van der Waals surface area (Å²) in [6.45, 7) is 8.04. The van der Waals surface area contributed by atoms with Gasteiger partial charge in [-0.2, -0.15) is 0 Å². The molecule has 1 saturated heterocycles. The van der Waals surface area contributed by atoms with Crippen molar-refractivity contribution in [3.8, 4) is 5.75 Å². The van der Waals surface area contributed by atoms with Gasteiger partial charge in [0.1, 0.15) is 11.4 Å². The van der Waals surface area contributed by atoms with Crippen LogP contribution in [-0.2, 0) is 24.6 Å². The van der Waals surface area contributed by atoms with Crippen molar-refractivity contribution in [3.63, 3.8) is 0 Å². The summed E-state index contributed by atoms with van der Waals surface area (Å²) >= 11 is 0. The van der Waals surface area contributed by atoms with Gasteiger partial charge in [-0.25, -0.2) is 4.79 Å². The van der Waals surface area contributed by atoms with Gasteiger partial charge in [-0.1, -0.05) is 19.1 Å². The Morgan fingerprint density at radius 3 is 2.30 bits per heavy atom. The van der Waals surface area contributed by atoms with Crippen molar-refractivity contribution < 1.29 is 24.2 Å². The van der Waals surface area contributed by atoms with Crippen LogP contribution in [0.4, 0.5) is 0 Å². The van der Waals surface area contributed by atoms with Crippen LogP contribution >= 0.6 is 0 Å². The number of phenolic OH excluding ortho intramolecular Hbond substituents is 1. The van der Waals surface area contributed by atoms with Crippen LogP contribution in [0, 0.1) is 5.92 Å². The fourth-order valence-electron chi connectivity index (χ4n) is 3.02. The number of carbonyl (C=O) groups excluding carboxylic acids is 2. The van der Waals surface area contributed by atoms with Crippen LogP contribution in [0.3, 0.4) is 0 Å². The van der Waals surface area contributed by atoms with Crippen molar-refractivity contribution in [2.75, 3.05) is 13.2 Å². The summed E-state index contributed by atoms with van der Waals surface area (Å²) in [5.41, 5.74) is 4.50. The van der Waals surface area contributed by atoms with Gasteiger partial charge >= 0.3 is 5.97 Å². The number of rotatable bonds is 5. The number of benzene rings is 1. The van der Waals surface area contributed by atoms with Crippen LogP contribution in [0.2, 0.25) is 0 Å². The van der Waals surface area contributed by atoms with Crippen LogP contribution in [0.5, 0.6) is 5.75 Å². The summed E-state index contributed by atoms with van der Waals surface area (Å²) in [5, 5.41) is 12.5. The van der Waals surface area contributed by atoms with Gasteiger partial charge in [0.2, 0.25) is 5.91 Å². The summed E-state index contributed by atoms with van der Waals surface area (Å²) in [6, 6.07) is 5.94. The van der Waals surface area contributed by atoms with E-state index in [1.807, 2.05) is 0 Å². The quantitative estimate of drug-likeness (QED) is 0.674. The van der Waals surface area contributed by atoms with Crippen molar-refractivity contribution in [2.24, 2.45) is 11.7 Å². The monoisotopic (exact) mass is 378 g/mol. The minimum absolute atomic E-state index is 0.00333. The summed E-state index contributed by atoms with van der Waals surface area (Å²) in [5.74, 6) is -1.83. The first-order chi connectivity index (χ1) is 12.5. The molecule has 0 radical (unpaired) electrons. The van der Waals surface area contributed by atoms with Gasteiger partial charge in [0.25, 0.3) is 0 Å². The van der Waals surface area contributed by atoms with E-state index in [1.54, 1.807) is 27.7 Å². The third-order valence-corrected chi connectivity index (χ3v) is 4.73. The number of amides is 1. The van der Waals surface area contributed by atoms with E-state index in [9.17, 15) is 14.7 Å². The molecule has 2 atom stereocenters. The highest BCUT2D eigenvalue weighted by Crippen LogP contribution is 2.32. The molecule has 0 aliphatic carbocycles. The maximum atomic E-state index is 13.0. The predicted molar refractivity (Wildman–Crippen MR) is 101 cm³/mol. The van der Waals surface area contributed by atoms with E-state index in [4.69, 9.17) is 15.2 Å². The zero-order valence-corrected chi connectivity index (χ0v) is 16.5. The highest BCUT2D eigenvalue weighted by Gasteiger charge is 2.48. The standard InChI is InChI=1S/C20H30N2O5/c1-13(17(24)22-15-9-11-26-12-10-15)20(21,18(25)27-19(2,3)4)14-5-7-16(23)8-6-14/h5-8,13,15,23H,9-12,21H2,1-4H3,(H,22,24). The second-order valence-electron chi connectivity index (χ2n) is 8.03. The van der Waals surface area contributed by atoms with Crippen molar-refractivity contribution in [2.45, 2.75) is 57.7 Å². The molecule has 0 spiro atoms. The number of aromatic hydroxyl groups is 1. The summed E-state index contributed by atoms with van der Waals surface area (Å²) in [6.07, 6.45) is 1.45. The smallest absolute Gasteiger partial charge is 0.332 e. The lowest BCUT2D eigenvalue weighted by atomic mass is 9.78. The molecule has 1 aliphatic heterocycles. The van der Waals surface area contributed by atoms with Gasteiger partial charge in [0.05, 0.1) is 5.92 Å². The van der Waals surface area contributed by atoms with Gasteiger partial charge in [-0.3, -0.25) is 4.79 Å². The topological polar surface area (TPSA) is 111 Å². The minimum atomic E-state index is -1.68. The molecule has 0 bridgehead atoms. The van der Waals surface area contributed by atoms with Crippen molar-refractivity contribution in [3.05, 3.63) is 29.8 Å². The molecule has 1 fully saturated rings. The van der Waals surface area contributed by atoms with Crippen molar-refractivity contribution in [1.82, 2.24) is 5.32 Å². The van der Waals surface area contributed by atoms with Crippen LogP contribution in [0.15, 0.2) is 24.3 Å². The van der Waals surface area contributed by atoms with E-state index in [0.717, 1.165) is 12.8 Å². The Morgan fingerprint density at radius 2 is 1.78 bits per heavy atom. The molecule has 7 heteroatoms. The molecule has 27 heavy (non-hydrogen) atoms. The second-order valence-corrected chi connectivity index (χ2v) is 8.03. The highest BCUT2D eigenvalue weighted by molar-refractivity contribution is 5.92. The van der Waals surface area contributed by atoms with E-state index in [-0.39, 0.29) is 17.7 Å². The number of esters is 1. The normalized spacial score (nSPS) is 19.0. The van der Waals surface area contributed by atoms with Crippen molar-refractivity contribution >= 4 is 11.9 Å². The zero-order chi connectivity index (χ0) is 20.2. The van der Waals surface area contributed by atoms with Crippen LogP contribution in [-0.4, -0.2) is 41.8 Å². The SMILES string of the molecule is CC(C(=O)NC1CCOCC1)C(N)(C(=O)OC(C)(C)C)c1ccc(O)cc1. The average molecular weight is 378 g/mol. The first-order valence-electron chi connectivity index (χ1n) is 9.24. The maximum Gasteiger partial charge on any atom is 0.332 e. The molecule has 1 aliphatic rings. The third kappa shape index (κ3) is 5.20.